The fourth-order valence-corrected chi connectivity index (χ4v) is 2.42. The van der Waals surface area contributed by atoms with Crippen molar-refractivity contribution in [2.45, 2.75) is 40.4 Å². The fraction of sp³-hybridized carbons (Fsp3) is 0.368. The van der Waals surface area contributed by atoms with E-state index >= 15 is 0 Å². The Kier molecular flexibility index (Phi) is 6.75. The van der Waals surface area contributed by atoms with Crippen LogP contribution in [-0.2, 0) is 16.1 Å². The average Bonchev–Trinajstić information content (AvgIpc) is 2.95. The molecule has 2 rings (SSSR count). The van der Waals surface area contributed by atoms with Crippen molar-refractivity contribution in [2.24, 2.45) is 11.7 Å². The Labute approximate surface area is 162 Å². The van der Waals surface area contributed by atoms with Crippen LogP contribution in [0, 0.1) is 19.8 Å². The number of nitrogens with one attached hydrogen (secondary N) is 1. The monoisotopic (exact) mass is 389 g/mol. The van der Waals surface area contributed by atoms with Crippen LogP contribution in [0.3, 0.4) is 0 Å². The summed E-state index contributed by atoms with van der Waals surface area (Å²) in [5, 5.41) is 5.78. The third-order valence-corrected chi connectivity index (χ3v) is 4.00. The predicted molar refractivity (Wildman–Crippen MR) is 98.5 cm³/mol. The molecule has 0 aliphatic heterocycles. The topological polar surface area (TPSA) is 134 Å². The van der Waals surface area contributed by atoms with E-state index in [2.05, 4.69) is 5.16 Å². The standard InChI is InChI=1S/C19H23N3O6/c1-10(2)16(17(23)21-19(20)25)27-18(24)13-5-7-14(8-6-13)26-9-15-11(3)22-28-12(15)4/h5-8,10,16H,9H2,1-4H3,(H3,20,21,23,25)/t16-/m1/s1. The summed E-state index contributed by atoms with van der Waals surface area (Å²) in [7, 11) is 0. The van der Waals surface area contributed by atoms with Gasteiger partial charge in [-0.1, -0.05) is 19.0 Å². The van der Waals surface area contributed by atoms with E-state index in [1.807, 2.05) is 12.2 Å². The highest BCUT2D eigenvalue weighted by Gasteiger charge is 2.27. The number of urea groups is 1. The molecule has 0 unspecified atom stereocenters. The number of aryl methyl sites for hydroxylation is 2. The minimum Gasteiger partial charge on any atom is -0.489 e. The van der Waals surface area contributed by atoms with E-state index in [1.54, 1.807) is 32.9 Å². The maximum Gasteiger partial charge on any atom is 0.338 e. The van der Waals surface area contributed by atoms with Crippen LogP contribution in [0.5, 0.6) is 5.75 Å². The second kappa shape index (κ2) is 9.03. The number of hydrogen-bond donors (Lipinski definition) is 2. The molecule has 1 aromatic heterocycles. The van der Waals surface area contributed by atoms with E-state index in [0.717, 1.165) is 11.3 Å². The van der Waals surface area contributed by atoms with E-state index in [4.69, 9.17) is 19.7 Å². The first-order valence-electron chi connectivity index (χ1n) is 8.65. The number of nitrogens with two attached hydrogens (primary N) is 1. The van der Waals surface area contributed by atoms with Crippen LogP contribution in [0.15, 0.2) is 28.8 Å². The molecule has 0 aliphatic carbocycles. The fourth-order valence-electron chi connectivity index (χ4n) is 2.42. The minimum absolute atomic E-state index is 0.238. The van der Waals surface area contributed by atoms with Gasteiger partial charge in [0.05, 0.1) is 16.8 Å². The molecule has 9 nitrogen and oxygen atoms in total. The summed E-state index contributed by atoms with van der Waals surface area (Å²) >= 11 is 0. The zero-order valence-corrected chi connectivity index (χ0v) is 16.1. The highest BCUT2D eigenvalue weighted by molar-refractivity contribution is 5.98. The lowest BCUT2D eigenvalue weighted by Crippen LogP contribution is -2.45. The molecule has 0 saturated carbocycles. The molecular weight excluding hydrogens is 366 g/mol. The molecule has 3 amide bonds. The summed E-state index contributed by atoms with van der Waals surface area (Å²) in [5.41, 5.74) is 6.80. The number of aromatic nitrogens is 1. The van der Waals surface area contributed by atoms with Crippen molar-refractivity contribution in [1.29, 1.82) is 0 Å². The number of nitrogens with zero attached hydrogens (tertiary/aromatic N) is 1. The molecule has 3 N–H and O–H groups in total. The number of primary amides is 1. The van der Waals surface area contributed by atoms with Crippen molar-refractivity contribution in [3.8, 4) is 5.75 Å². The van der Waals surface area contributed by atoms with Crippen molar-refractivity contribution in [3.05, 3.63) is 46.8 Å². The third-order valence-electron chi connectivity index (χ3n) is 4.00. The van der Waals surface area contributed by atoms with Gasteiger partial charge in [-0.3, -0.25) is 10.1 Å². The van der Waals surface area contributed by atoms with Gasteiger partial charge in [0, 0.05) is 0 Å². The van der Waals surface area contributed by atoms with E-state index in [-0.39, 0.29) is 18.1 Å². The average molecular weight is 389 g/mol. The second-order valence-corrected chi connectivity index (χ2v) is 6.54. The molecule has 0 bridgehead atoms. The number of benzene rings is 1. The Bertz CT molecular complexity index is 838. The van der Waals surface area contributed by atoms with Crippen LogP contribution in [0.4, 0.5) is 4.79 Å². The zero-order chi connectivity index (χ0) is 20.8. The lowest BCUT2D eigenvalue weighted by molar-refractivity contribution is -0.130. The van der Waals surface area contributed by atoms with Crippen LogP contribution in [0.25, 0.3) is 0 Å². The first-order valence-corrected chi connectivity index (χ1v) is 8.65. The molecule has 1 aromatic carbocycles. The SMILES string of the molecule is Cc1noc(C)c1COc1ccc(C(=O)O[C@@H](C(=O)NC(N)=O)C(C)C)cc1. The Balaban J connectivity index is 2.00. The van der Waals surface area contributed by atoms with Gasteiger partial charge in [-0.05, 0) is 44.0 Å². The lowest BCUT2D eigenvalue weighted by Gasteiger charge is -2.19. The summed E-state index contributed by atoms with van der Waals surface area (Å²) in [6.07, 6.45) is -1.14. The Morgan fingerprint density at radius 3 is 2.32 bits per heavy atom. The van der Waals surface area contributed by atoms with Crippen LogP contribution in [-0.4, -0.2) is 29.2 Å². The van der Waals surface area contributed by atoms with Gasteiger partial charge in [0.2, 0.25) is 0 Å². The molecule has 28 heavy (non-hydrogen) atoms. The lowest BCUT2D eigenvalue weighted by atomic mass is 10.1. The predicted octanol–water partition coefficient (Wildman–Crippen LogP) is 2.25. The van der Waals surface area contributed by atoms with Crippen molar-refractivity contribution in [2.75, 3.05) is 0 Å². The number of carbonyl (C=O) groups is 3. The Morgan fingerprint density at radius 2 is 1.82 bits per heavy atom. The molecule has 1 heterocycles. The van der Waals surface area contributed by atoms with Crippen molar-refractivity contribution in [3.63, 3.8) is 0 Å². The van der Waals surface area contributed by atoms with Crippen LogP contribution < -0.4 is 15.8 Å². The number of amides is 3. The van der Waals surface area contributed by atoms with Gasteiger partial charge < -0.3 is 19.7 Å². The molecule has 0 radical (unpaired) electrons. The van der Waals surface area contributed by atoms with Gasteiger partial charge in [0.15, 0.2) is 6.10 Å². The van der Waals surface area contributed by atoms with Crippen molar-refractivity contribution >= 4 is 17.9 Å². The number of ether oxygens (including phenoxy) is 2. The first kappa shape index (κ1) is 20.9. The molecule has 2 aromatic rings. The van der Waals surface area contributed by atoms with Crippen molar-refractivity contribution in [1.82, 2.24) is 10.5 Å². The van der Waals surface area contributed by atoms with Crippen LogP contribution >= 0.6 is 0 Å². The highest BCUT2D eigenvalue weighted by atomic mass is 16.5. The highest BCUT2D eigenvalue weighted by Crippen LogP contribution is 2.19. The van der Waals surface area contributed by atoms with Gasteiger partial charge in [0.25, 0.3) is 5.91 Å². The van der Waals surface area contributed by atoms with Gasteiger partial charge >= 0.3 is 12.0 Å². The van der Waals surface area contributed by atoms with Gasteiger partial charge in [-0.25, -0.2) is 9.59 Å². The summed E-state index contributed by atoms with van der Waals surface area (Å²) in [6.45, 7) is 7.28. The first-order chi connectivity index (χ1) is 13.2. The van der Waals surface area contributed by atoms with E-state index in [1.165, 1.54) is 12.1 Å². The Hall–Kier alpha value is -3.36. The minimum atomic E-state index is -1.14. The van der Waals surface area contributed by atoms with E-state index in [0.29, 0.717) is 11.5 Å². The molecule has 0 aliphatic rings. The maximum absolute atomic E-state index is 12.3. The van der Waals surface area contributed by atoms with E-state index in [9.17, 15) is 14.4 Å². The van der Waals surface area contributed by atoms with E-state index < -0.39 is 24.0 Å². The Morgan fingerprint density at radius 1 is 1.18 bits per heavy atom. The molecular formula is C19H23N3O6. The molecule has 1 atom stereocenters. The molecule has 0 fully saturated rings. The zero-order valence-electron chi connectivity index (χ0n) is 16.1. The summed E-state index contributed by atoms with van der Waals surface area (Å²) < 4.78 is 16.0. The van der Waals surface area contributed by atoms with Gasteiger partial charge in [-0.2, -0.15) is 0 Å². The van der Waals surface area contributed by atoms with Crippen molar-refractivity contribution < 1.29 is 28.4 Å². The molecule has 0 spiro atoms. The molecule has 9 heteroatoms. The summed E-state index contributed by atoms with van der Waals surface area (Å²) in [5.74, 6) is -0.582. The number of esters is 1. The van der Waals surface area contributed by atoms with Gasteiger partial charge in [0.1, 0.15) is 18.1 Å². The number of carbonyl (C=O) groups excluding carboxylic acids is 3. The van der Waals surface area contributed by atoms with Crippen LogP contribution in [0.2, 0.25) is 0 Å². The quantitative estimate of drug-likeness (QED) is 0.694. The normalized spacial score (nSPS) is 11.8. The summed E-state index contributed by atoms with van der Waals surface area (Å²) in [4.78, 5) is 35.1. The van der Waals surface area contributed by atoms with Crippen LogP contribution in [0.1, 0.15) is 41.2 Å². The molecule has 150 valence electrons. The number of imide groups is 1. The largest absolute Gasteiger partial charge is 0.489 e. The smallest absolute Gasteiger partial charge is 0.338 e. The number of rotatable bonds is 7. The van der Waals surface area contributed by atoms with Gasteiger partial charge in [-0.15, -0.1) is 0 Å². The molecule has 0 saturated heterocycles. The maximum atomic E-state index is 12.3. The third kappa shape index (κ3) is 5.32. The number of hydrogen-bond acceptors (Lipinski definition) is 7. The summed E-state index contributed by atoms with van der Waals surface area (Å²) in [6, 6.07) is 5.26. The second-order valence-electron chi connectivity index (χ2n) is 6.54.